The van der Waals surface area contributed by atoms with Crippen LogP contribution in [0.15, 0.2) is 18.2 Å². The Balaban J connectivity index is 2.30. The first-order valence-corrected chi connectivity index (χ1v) is 7.57. The van der Waals surface area contributed by atoms with Gasteiger partial charge in [0.15, 0.2) is 5.78 Å². The summed E-state index contributed by atoms with van der Waals surface area (Å²) in [5.74, 6) is 0.619. The fourth-order valence-electron chi connectivity index (χ4n) is 2.44. The van der Waals surface area contributed by atoms with Crippen LogP contribution in [-0.2, 0) is 0 Å². The molecule has 2 aromatic rings. The third-order valence-corrected chi connectivity index (χ3v) is 5.28. The number of aromatic nitrogens is 1. The highest BCUT2D eigenvalue weighted by molar-refractivity contribution is 9.10. The Labute approximate surface area is 130 Å². The summed E-state index contributed by atoms with van der Waals surface area (Å²) in [6, 6.07) is 5.44. The van der Waals surface area contributed by atoms with Gasteiger partial charge < -0.3 is 4.74 Å². The number of pyridine rings is 1. The molecular weight excluding hydrogens is 342 g/mol. The van der Waals surface area contributed by atoms with Crippen molar-refractivity contribution in [2.24, 2.45) is 0 Å². The molecule has 1 aromatic heterocycles. The Morgan fingerprint density at radius 2 is 2.05 bits per heavy atom. The average molecular weight is 355 g/mol. The second kappa shape index (κ2) is 4.43. The molecule has 1 aliphatic rings. The van der Waals surface area contributed by atoms with E-state index in [1.807, 2.05) is 26.8 Å². The van der Waals surface area contributed by atoms with Crippen LogP contribution in [0.1, 0.15) is 29.8 Å². The highest BCUT2D eigenvalue weighted by Crippen LogP contribution is 2.39. The highest BCUT2D eigenvalue weighted by Gasteiger charge is 2.41. The van der Waals surface area contributed by atoms with Crippen LogP contribution >= 0.6 is 27.5 Å². The van der Waals surface area contributed by atoms with Crippen molar-refractivity contribution in [3.8, 4) is 5.75 Å². The minimum atomic E-state index is -0.578. The number of ketones is 1. The van der Waals surface area contributed by atoms with Crippen LogP contribution in [0, 0.1) is 6.92 Å². The summed E-state index contributed by atoms with van der Waals surface area (Å²) in [4.78, 5) is 16.4. The standard InChI is InChI=1S/C15H13BrClNO2/c1-7-4-12(17)18-10-5-9-11(6-8(7)10)20-15(2,3)14(16)13(9)19/h4-6,14H,1-3H3. The number of alkyl halides is 1. The van der Waals surface area contributed by atoms with Gasteiger partial charge >= 0.3 is 0 Å². The molecular formula is C15H13BrClNO2. The highest BCUT2D eigenvalue weighted by atomic mass is 79.9. The van der Waals surface area contributed by atoms with Gasteiger partial charge in [-0.15, -0.1) is 0 Å². The molecule has 0 bridgehead atoms. The molecule has 1 aromatic carbocycles. The third kappa shape index (κ3) is 2.02. The number of fused-ring (bicyclic) bond motifs is 2. The lowest BCUT2D eigenvalue weighted by molar-refractivity contribution is 0.0669. The van der Waals surface area contributed by atoms with Gasteiger partial charge in [0.1, 0.15) is 21.3 Å². The minimum absolute atomic E-state index is 0.0116. The van der Waals surface area contributed by atoms with Gasteiger partial charge in [0.05, 0.1) is 11.1 Å². The molecule has 0 amide bonds. The summed E-state index contributed by atoms with van der Waals surface area (Å²) in [6.07, 6.45) is 0. The van der Waals surface area contributed by atoms with Crippen molar-refractivity contribution in [3.05, 3.63) is 34.5 Å². The quantitative estimate of drug-likeness (QED) is 0.522. The van der Waals surface area contributed by atoms with E-state index in [-0.39, 0.29) is 10.6 Å². The molecule has 1 unspecified atom stereocenters. The van der Waals surface area contributed by atoms with Crippen LogP contribution in [0.3, 0.4) is 0 Å². The van der Waals surface area contributed by atoms with Crippen LogP contribution in [0.4, 0.5) is 0 Å². The van der Waals surface area contributed by atoms with Crippen LogP contribution < -0.4 is 4.74 Å². The topological polar surface area (TPSA) is 39.2 Å². The number of nitrogens with zero attached hydrogens (tertiary/aromatic N) is 1. The van der Waals surface area contributed by atoms with E-state index < -0.39 is 5.60 Å². The Morgan fingerprint density at radius 3 is 2.75 bits per heavy atom. The Morgan fingerprint density at radius 1 is 1.35 bits per heavy atom. The molecule has 20 heavy (non-hydrogen) atoms. The fourth-order valence-corrected chi connectivity index (χ4v) is 3.04. The van der Waals surface area contributed by atoms with Gasteiger partial charge in [0, 0.05) is 5.39 Å². The molecule has 3 rings (SSSR count). The molecule has 0 radical (unpaired) electrons. The minimum Gasteiger partial charge on any atom is -0.485 e. The number of aryl methyl sites for hydroxylation is 1. The Kier molecular flexibility index (Phi) is 3.07. The van der Waals surface area contributed by atoms with Crippen molar-refractivity contribution in [2.75, 3.05) is 0 Å². The number of carbonyl (C=O) groups is 1. The van der Waals surface area contributed by atoms with Gasteiger partial charge in [0.2, 0.25) is 0 Å². The number of hydrogen-bond donors (Lipinski definition) is 0. The second-order valence-electron chi connectivity index (χ2n) is 5.56. The molecule has 0 saturated heterocycles. The second-order valence-corrected chi connectivity index (χ2v) is 6.86. The van der Waals surface area contributed by atoms with Crippen molar-refractivity contribution < 1.29 is 9.53 Å². The van der Waals surface area contributed by atoms with Gasteiger partial charge in [-0.05, 0) is 44.5 Å². The lowest BCUT2D eigenvalue weighted by atomic mass is 9.91. The summed E-state index contributed by atoms with van der Waals surface area (Å²) in [5, 5.41) is 1.37. The maximum Gasteiger partial charge on any atom is 0.184 e. The van der Waals surface area contributed by atoms with E-state index in [2.05, 4.69) is 20.9 Å². The van der Waals surface area contributed by atoms with Crippen molar-refractivity contribution in [1.29, 1.82) is 0 Å². The van der Waals surface area contributed by atoms with Crippen molar-refractivity contribution >= 4 is 44.2 Å². The SMILES string of the molecule is Cc1cc(Cl)nc2cc3c(cc12)OC(C)(C)C(Br)C3=O. The molecule has 0 fully saturated rings. The maximum atomic E-state index is 12.5. The van der Waals surface area contributed by atoms with Gasteiger partial charge in [-0.3, -0.25) is 4.79 Å². The smallest absolute Gasteiger partial charge is 0.184 e. The number of hydrogen-bond acceptors (Lipinski definition) is 3. The van der Waals surface area contributed by atoms with E-state index in [1.54, 1.807) is 12.1 Å². The van der Waals surface area contributed by atoms with Crippen LogP contribution in [0.5, 0.6) is 5.75 Å². The zero-order valence-corrected chi connectivity index (χ0v) is 13.7. The van der Waals surface area contributed by atoms with Gasteiger partial charge in [0.25, 0.3) is 0 Å². The first-order valence-electron chi connectivity index (χ1n) is 6.28. The van der Waals surface area contributed by atoms with Crippen LogP contribution in [0.25, 0.3) is 10.9 Å². The zero-order chi connectivity index (χ0) is 14.7. The Hall–Kier alpha value is -1.13. The average Bonchev–Trinajstić information content (AvgIpc) is 2.35. The summed E-state index contributed by atoms with van der Waals surface area (Å²) in [6.45, 7) is 5.75. The summed E-state index contributed by atoms with van der Waals surface area (Å²) in [7, 11) is 0. The molecule has 0 aliphatic carbocycles. The van der Waals surface area contributed by atoms with E-state index in [9.17, 15) is 4.79 Å². The number of benzene rings is 1. The van der Waals surface area contributed by atoms with Crippen molar-refractivity contribution in [1.82, 2.24) is 4.98 Å². The van der Waals surface area contributed by atoms with Crippen LogP contribution in [-0.4, -0.2) is 21.2 Å². The monoisotopic (exact) mass is 353 g/mol. The number of ether oxygens (including phenoxy) is 1. The van der Waals surface area contributed by atoms with Gasteiger partial charge in [-0.1, -0.05) is 27.5 Å². The molecule has 0 N–H and O–H groups in total. The molecule has 3 nitrogen and oxygen atoms in total. The molecule has 0 saturated carbocycles. The normalized spacial score (nSPS) is 20.6. The number of halogens is 2. The third-order valence-electron chi connectivity index (χ3n) is 3.56. The molecule has 0 spiro atoms. The van der Waals surface area contributed by atoms with E-state index in [0.29, 0.717) is 22.0 Å². The van der Waals surface area contributed by atoms with Gasteiger partial charge in [-0.2, -0.15) is 0 Å². The van der Waals surface area contributed by atoms with Crippen molar-refractivity contribution in [2.45, 2.75) is 31.2 Å². The van der Waals surface area contributed by atoms with Crippen LogP contribution in [0.2, 0.25) is 5.15 Å². The summed E-state index contributed by atoms with van der Waals surface area (Å²) < 4.78 is 5.97. The lowest BCUT2D eigenvalue weighted by Crippen LogP contribution is -2.46. The Bertz CT molecular complexity index is 742. The predicted octanol–water partition coefficient (Wildman–Crippen LogP) is 4.31. The molecule has 1 aliphatic heterocycles. The molecule has 5 heteroatoms. The molecule has 104 valence electrons. The fraction of sp³-hybridized carbons (Fsp3) is 0.333. The first-order chi connectivity index (χ1) is 9.29. The summed E-state index contributed by atoms with van der Waals surface area (Å²) in [5.41, 5.74) is 1.70. The van der Waals surface area contributed by atoms with Crippen molar-refractivity contribution in [3.63, 3.8) is 0 Å². The number of Topliss-reactive ketones (excluding diaryl/α,β-unsaturated/α-hetero) is 1. The largest absolute Gasteiger partial charge is 0.485 e. The van der Waals surface area contributed by atoms with E-state index >= 15 is 0 Å². The summed E-state index contributed by atoms with van der Waals surface area (Å²) >= 11 is 9.40. The molecule has 2 heterocycles. The number of rotatable bonds is 0. The van der Waals surface area contributed by atoms with E-state index in [0.717, 1.165) is 10.9 Å². The first kappa shape index (κ1) is 13.8. The van der Waals surface area contributed by atoms with E-state index in [4.69, 9.17) is 16.3 Å². The zero-order valence-electron chi connectivity index (χ0n) is 11.3. The predicted molar refractivity (Wildman–Crippen MR) is 83.2 cm³/mol. The molecule has 1 atom stereocenters. The van der Waals surface area contributed by atoms with Gasteiger partial charge in [-0.25, -0.2) is 4.98 Å². The lowest BCUT2D eigenvalue weighted by Gasteiger charge is -2.36. The maximum absolute atomic E-state index is 12.5. The van der Waals surface area contributed by atoms with E-state index in [1.165, 1.54) is 0 Å². The number of carbonyl (C=O) groups excluding carboxylic acids is 1.